The second-order valence-corrected chi connectivity index (χ2v) is 6.61. The summed E-state index contributed by atoms with van der Waals surface area (Å²) < 4.78 is 2.46. The molecule has 3 rings (SSSR count). The van der Waals surface area contributed by atoms with Crippen LogP contribution in [0.1, 0.15) is 51.4 Å². The molecule has 0 aliphatic heterocycles. The van der Waals surface area contributed by atoms with E-state index in [4.69, 9.17) is 10.7 Å². The van der Waals surface area contributed by atoms with E-state index >= 15 is 0 Å². The van der Waals surface area contributed by atoms with Crippen LogP contribution in [0.15, 0.2) is 18.5 Å². The zero-order valence-electron chi connectivity index (χ0n) is 13.1. The molecule has 2 N–H and O–H groups in total. The summed E-state index contributed by atoms with van der Waals surface area (Å²) in [7, 11) is 0. The summed E-state index contributed by atoms with van der Waals surface area (Å²) >= 11 is 0. The number of imidazole rings is 1. The number of fused-ring (bicyclic) bond motifs is 1. The van der Waals surface area contributed by atoms with E-state index in [0.29, 0.717) is 17.9 Å². The van der Waals surface area contributed by atoms with Gasteiger partial charge >= 0.3 is 0 Å². The molecule has 1 unspecified atom stereocenters. The first-order chi connectivity index (χ1) is 10.2. The van der Waals surface area contributed by atoms with Crippen LogP contribution >= 0.6 is 0 Å². The Balaban J connectivity index is 1.81. The molecule has 2 heterocycles. The van der Waals surface area contributed by atoms with Gasteiger partial charge in [-0.3, -0.25) is 4.98 Å². The third kappa shape index (κ3) is 3.10. The molecule has 1 aliphatic carbocycles. The van der Waals surface area contributed by atoms with E-state index in [-0.39, 0.29) is 0 Å². The number of aryl methyl sites for hydroxylation is 1. The minimum Gasteiger partial charge on any atom is -0.330 e. The minimum atomic E-state index is 0.666. The smallest absolute Gasteiger partial charge is 0.110 e. The Morgan fingerprint density at radius 3 is 2.81 bits per heavy atom. The van der Waals surface area contributed by atoms with Crippen LogP contribution in [0.3, 0.4) is 0 Å². The third-order valence-electron chi connectivity index (χ3n) is 4.70. The van der Waals surface area contributed by atoms with Crippen molar-refractivity contribution in [2.75, 3.05) is 6.54 Å². The first kappa shape index (κ1) is 14.5. The SMILES string of the molecule is CC(C)C(CCN)CCc1nc2cnccc2n1C1CC1. The fraction of sp³-hybridized carbons (Fsp3) is 0.647. The highest BCUT2D eigenvalue weighted by molar-refractivity contribution is 5.75. The highest BCUT2D eigenvalue weighted by Gasteiger charge is 2.28. The van der Waals surface area contributed by atoms with Crippen molar-refractivity contribution in [1.29, 1.82) is 0 Å². The largest absolute Gasteiger partial charge is 0.330 e. The van der Waals surface area contributed by atoms with Crippen LogP contribution in [0.4, 0.5) is 0 Å². The third-order valence-corrected chi connectivity index (χ3v) is 4.70. The van der Waals surface area contributed by atoms with Crippen LogP contribution < -0.4 is 5.73 Å². The van der Waals surface area contributed by atoms with Crippen molar-refractivity contribution in [1.82, 2.24) is 14.5 Å². The van der Waals surface area contributed by atoms with Crippen molar-refractivity contribution >= 4 is 11.0 Å². The highest BCUT2D eigenvalue weighted by Crippen LogP contribution is 2.39. The Hall–Kier alpha value is -1.42. The summed E-state index contributed by atoms with van der Waals surface area (Å²) in [6.45, 7) is 5.38. The first-order valence-electron chi connectivity index (χ1n) is 8.21. The summed E-state index contributed by atoms with van der Waals surface area (Å²) in [4.78, 5) is 9.04. The highest BCUT2D eigenvalue weighted by atomic mass is 15.1. The molecule has 0 saturated heterocycles. The maximum absolute atomic E-state index is 5.76. The number of hydrogen-bond donors (Lipinski definition) is 1. The maximum atomic E-state index is 5.76. The summed E-state index contributed by atoms with van der Waals surface area (Å²) in [5.74, 6) is 2.62. The lowest BCUT2D eigenvalue weighted by Crippen LogP contribution is -2.16. The van der Waals surface area contributed by atoms with Crippen molar-refractivity contribution in [2.45, 2.75) is 52.0 Å². The van der Waals surface area contributed by atoms with Gasteiger partial charge in [0.2, 0.25) is 0 Å². The van der Waals surface area contributed by atoms with E-state index in [9.17, 15) is 0 Å². The van der Waals surface area contributed by atoms with Gasteiger partial charge < -0.3 is 10.3 Å². The van der Waals surface area contributed by atoms with Gasteiger partial charge in [-0.25, -0.2) is 4.98 Å². The lowest BCUT2D eigenvalue weighted by Gasteiger charge is -2.20. The molecule has 4 heteroatoms. The number of hydrogen-bond acceptors (Lipinski definition) is 3. The van der Waals surface area contributed by atoms with Crippen LogP contribution in [0.25, 0.3) is 11.0 Å². The molecular weight excluding hydrogens is 260 g/mol. The summed E-state index contributed by atoms with van der Waals surface area (Å²) in [6.07, 6.45) is 9.68. The molecule has 0 bridgehead atoms. The molecule has 4 nitrogen and oxygen atoms in total. The Morgan fingerprint density at radius 2 is 2.14 bits per heavy atom. The van der Waals surface area contributed by atoms with E-state index in [1.165, 1.54) is 30.6 Å². The van der Waals surface area contributed by atoms with Gasteiger partial charge in [0.1, 0.15) is 11.3 Å². The van der Waals surface area contributed by atoms with E-state index < -0.39 is 0 Å². The van der Waals surface area contributed by atoms with Gasteiger partial charge in [-0.15, -0.1) is 0 Å². The fourth-order valence-corrected chi connectivity index (χ4v) is 3.26. The molecule has 21 heavy (non-hydrogen) atoms. The molecule has 1 atom stereocenters. The van der Waals surface area contributed by atoms with Crippen molar-refractivity contribution in [3.8, 4) is 0 Å². The molecule has 2 aromatic rings. The maximum Gasteiger partial charge on any atom is 0.110 e. The van der Waals surface area contributed by atoms with E-state index in [0.717, 1.165) is 24.9 Å². The monoisotopic (exact) mass is 286 g/mol. The normalized spacial score (nSPS) is 16.8. The number of aromatic nitrogens is 3. The number of nitrogens with zero attached hydrogens (tertiary/aromatic N) is 3. The second kappa shape index (κ2) is 6.14. The molecule has 1 aliphatic rings. The molecule has 0 amide bonds. The van der Waals surface area contributed by atoms with Crippen molar-refractivity contribution in [2.24, 2.45) is 17.6 Å². The standard InChI is InChI=1S/C17H26N4/c1-12(2)13(7-9-18)3-6-17-20-15-11-19-10-8-16(15)21(17)14-4-5-14/h8,10-14H,3-7,9,18H2,1-2H3. The average Bonchev–Trinajstić information content (AvgIpc) is 3.23. The second-order valence-electron chi connectivity index (χ2n) is 6.61. The Bertz CT molecular complexity index is 598. The van der Waals surface area contributed by atoms with Crippen molar-refractivity contribution in [3.63, 3.8) is 0 Å². The van der Waals surface area contributed by atoms with E-state index in [1.807, 2.05) is 12.4 Å². The number of pyridine rings is 1. The van der Waals surface area contributed by atoms with Crippen LogP contribution in [0.2, 0.25) is 0 Å². The van der Waals surface area contributed by atoms with Gasteiger partial charge in [-0.05, 0) is 50.1 Å². The predicted octanol–water partition coefficient (Wildman–Crippen LogP) is 3.32. The van der Waals surface area contributed by atoms with Gasteiger partial charge in [0.05, 0.1) is 11.7 Å². The van der Waals surface area contributed by atoms with Crippen LogP contribution in [-0.4, -0.2) is 21.1 Å². The summed E-state index contributed by atoms with van der Waals surface area (Å²) in [5.41, 5.74) is 8.05. The summed E-state index contributed by atoms with van der Waals surface area (Å²) in [5, 5.41) is 0. The van der Waals surface area contributed by atoms with Gasteiger partial charge in [0.15, 0.2) is 0 Å². The zero-order valence-corrected chi connectivity index (χ0v) is 13.1. The molecular formula is C17H26N4. The van der Waals surface area contributed by atoms with Crippen molar-refractivity contribution in [3.05, 3.63) is 24.3 Å². The van der Waals surface area contributed by atoms with E-state index in [2.05, 4.69) is 29.5 Å². The van der Waals surface area contributed by atoms with Gasteiger partial charge in [0, 0.05) is 18.7 Å². The number of nitrogens with two attached hydrogens (primary N) is 1. The lowest BCUT2D eigenvalue weighted by atomic mass is 9.88. The Labute approximate surface area is 126 Å². The first-order valence-corrected chi connectivity index (χ1v) is 8.21. The molecule has 1 saturated carbocycles. The quantitative estimate of drug-likeness (QED) is 0.849. The molecule has 0 spiro atoms. The Kier molecular flexibility index (Phi) is 4.24. The van der Waals surface area contributed by atoms with Gasteiger partial charge in [-0.1, -0.05) is 13.8 Å². The fourth-order valence-electron chi connectivity index (χ4n) is 3.26. The minimum absolute atomic E-state index is 0.666. The van der Waals surface area contributed by atoms with Crippen LogP contribution in [0.5, 0.6) is 0 Å². The molecule has 0 aromatic carbocycles. The summed E-state index contributed by atoms with van der Waals surface area (Å²) in [6, 6.07) is 2.77. The Morgan fingerprint density at radius 1 is 1.33 bits per heavy atom. The van der Waals surface area contributed by atoms with Crippen LogP contribution in [-0.2, 0) is 6.42 Å². The van der Waals surface area contributed by atoms with E-state index in [1.54, 1.807) is 0 Å². The number of rotatable bonds is 7. The zero-order chi connectivity index (χ0) is 14.8. The molecule has 114 valence electrons. The molecule has 1 fully saturated rings. The van der Waals surface area contributed by atoms with Crippen molar-refractivity contribution < 1.29 is 0 Å². The lowest BCUT2D eigenvalue weighted by molar-refractivity contribution is 0.338. The predicted molar refractivity (Wildman–Crippen MR) is 86.1 cm³/mol. The topological polar surface area (TPSA) is 56.7 Å². The van der Waals surface area contributed by atoms with Gasteiger partial charge in [-0.2, -0.15) is 0 Å². The van der Waals surface area contributed by atoms with Gasteiger partial charge in [0.25, 0.3) is 0 Å². The molecule has 0 radical (unpaired) electrons. The van der Waals surface area contributed by atoms with Crippen LogP contribution in [0, 0.1) is 11.8 Å². The molecule has 2 aromatic heterocycles. The average molecular weight is 286 g/mol.